The number of halogens is 3. The van der Waals surface area contributed by atoms with Gasteiger partial charge in [-0.15, -0.1) is 0 Å². The first-order valence-electron chi connectivity index (χ1n) is 5.60. The van der Waals surface area contributed by atoms with Crippen molar-refractivity contribution in [2.45, 2.75) is 25.9 Å². The van der Waals surface area contributed by atoms with Gasteiger partial charge >= 0.3 is 6.18 Å². The zero-order chi connectivity index (χ0) is 13.3. The molecule has 0 fully saturated rings. The lowest BCUT2D eigenvalue weighted by Crippen LogP contribution is -2.04. The van der Waals surface area contributed by atoms with Crippen molar-refractivity contribution in [3.8, 4) is 11.4 Å². The summed E-state index contributed by atoms with van der Waals surface area (Å²) in [5.74, 6) is 0.624. The third-order valence-corrected chi connectivity index (χ3v) is 2.73. The molecular weight excluding hydrogens is 241 g/mol. The highest BCUT2D eigenvalue weighted by Gasteiger charge is 2.33. The van der Waals surface area contributed by atoms with Gasteiger partial charge in [-0.2, -0.15) is 13.2 Å². The van der Waals surface area contributed by atoms with E-state index in [0.29, 0.717) is 11.5 Å². The van der Waals surface area contributed by atoms with Crippen molar-refractivity contribution < 1.29 is 13.2 Å². The van der Waals surface area contributed by atoms with E-state index in [1.165, 1.54) is 0 Å². The van der Waals surface area contributed by atoms with Gasteiger partial charge in [-0.25, -0.2) is 4.98 Å². The number of H-pyrrole nitrogens is 1. The van der Waals surface area contributed by atoms with Gasteiger partial charge in [0.2, 0.25) is 0 Å². The fraction of sp³-hybridized carbons (Fsp3) is 0.308. The summed E-state index contributed by atoms with van der Waals surface area (Å²) >= 11 is 0. The lowest BCUT2D eigenvalue weighted by molar-refractivity contribution is -0.140. The fourth-order valence-corrected chi connectivity index (χ4v) is 1.64. The molecule has 2 rings (SSSR count). The molecule has 1 aromatic carbocycles. The molecule has 0 bridgehead atoms. The molecule has 0 amide bonds. The molecule has 1 N–H and O–H groups in total. The Morgan fingerprint density at radius 2 is 1.72 bits per heavy atom. The summed E-state index contributed by atoms with van der Waals surface area (Å²) in [6.07, 6.45) is -3.57. The van der Waals surface area contributed by atoms with Gasteiger partial charge < -0.3 is 4.98 Å². The summed E-state index contributed by atoms with van der Waals surface area (Å²) in [4.78, 5) is 6.03. The van der Waals surface area contributed by atoms with E-state index in [9.17, 15) is 13.2 Å². The predicted octanol–water partition coefficient (Wildman–Crippen LogP) is 4.22. The predicted molar refractivity (Wildman–Crippen MR) is 63.1 cm³/mol. The third-order valence-electron chi connectivity index (χ3n) is 2.73. The van der Waals surface area contributed by atoms with Crippen molar-refractivity contribution in [1.29, 1.82) is 0 Å². The maximum atomic E-state index is 12.4. The average Bonchev–Trinajstić information content (AvgIpc) is 2.78. The van der Waals surface area contributed by atoms with E-state index < -0.39 is 11.9 Å². The van der Waals surface area contributed by atoms with Crippen molar-refractivity contribution >= 4 is 0 Å². The van der Waals surface area contributed by atoms with Crippen LogP contribution in [0.15, 0.2) is 30.5 Å². The fourth-order valence-electron chi connectivity index (χ4n) is 1.64. The molecule has 0 saturated carbocycles. The third kappa shape index (κ3) is 2.55. The molecule has 1 heterocycles. The summed E-state index contributed by atoms with van der Waals surface area (Å²) < 4.78 is 37.2. The Hall–Kier alpha value is -1.78. The number of alkyl halides is 3. The van der Waals surface area contributed by atoms with Crippen LogP contribution < -0.4 is 0 Å². The number of aromatic amines is 1. The van der Waals surface area contributed by atoms with E-state index in [2.05, 4.69) is 23.8 Å². The second-order valence-corrected chi connectivity index (χ2v) is 4.42. The smallest absolute Gasteiger partial charge is 0.334 e. The van der Waals surface area contributed by atoms with Crippen molar-refractivity contribution in [1.82, 2.24) is 9.97 Å². The van der Waals surface area contributed by atoms with Crippen LogP contribution in [-0.2, 0) is 6.18 Å². The molecule has 2 aromatic rings. The van der Waals surface area contributed by atoms with E-state index in [1.807, 2.05) is 12.1 Å². The largest absolute Gasteiger partial charge is 0.432 e. The normalized spacial score (nSPS) is 12.1. The first kappa shape index (κ1) is 12.7. The second-order valence-electron chi connectivity index (χ2n) is 4.42. The van der Waals surface area contributed by atoms with Crippen LogP contribution in [0.1, 0.15) is 31.0 Å². The molecule has 0 unspecified atom stereocenters. The minimum atomic E-state index is -4.39. The first-order valence-corrected chi connectivity index (χ1v) is 5.60. The second kappa shape index (κ2) is 4.48. The van der Waals surface area contributed by atoms with Gasteiger partial charge in [0.05, 0.1) is 6.20 Å². The quantitative estimate of drug-likeness (QED) is 0.854. The zero-order valence-corrected chi connectivity index (χ0v) is 10.0. The molecule has 0 aliphatic heterocycles. The van der Waals surface area contributed by atoms with Crippen molar-refractivity contribution in [3.05, 3.63) is 41.7 Å². The van der Waals surface area contributed by atoms with Gasteiger partial charge in [-0.3, -0.25) is 0 Å². The molecule has 0 aliphatic rings. The lowest BCUT2D eigenvalue weighted by atomic mass is 10.0. The number of nitrogens with zero attached hydrogens (tertiary/aromatic N) is 1. The highest BCUT2D eigenvalue weighted by atomic mass is 19.4. The molecule has 1 aromatic heterocycles. The van der Waals surface area contributed by atoms with Gasteiger partial charge in [-0.05, 0) is 11.5 Å². The zero-order valence-electron chi connectivity index (χ0n) is 10.0. The van der Waals surface area contributed by atoms with Crippen LogP contribution in [0.5, 0.6) is 0 Å². The highest BCUT2D eigenvalue weighted by Crippen LogP contribution is 2.29. The molecule has 0 saturated heterocycles. The number of benzene rings is 1. The van der Waals surface area contributed by atoms with Gasteiger partial charge in [0.25, 0.3) is 0 Å². The number of imidazole rings is 1. The van der Waals surface area contributed by atoms with Gasteiger partial charge in [-0.1, -0.05) is 38.1 Å². The van der Waals surface area contributed by atoms with Crippen molar-refractivity contribution in [2.24, 2.45) is 0 Å². The Morgan fingerprint density at radius 3 is 2.17 bits per heavy atom. The van der Waals surface area contributed by atoms with Crippen LogP contribution in [0.4, 0.5) is 13.2 Å². The highest BCUT2D eigenvalue weighted by molar-refractivity contribution is 5.56. The standard InChI is InChI=1S/C13H13F3N2/c1-8(2)9-3-5-10(6-4-9)12-17-7-11(18-12)13(14,15)16/h3-8H,1-2H3,(H,17,18). The van der Waals surface area contributed by atoms with Crippen molar-refractivity contribution in [2.75, 3.05) is 0 Å². The Balaban J connectivity index is 2.29. The molecule has 0 aliphatic carbocycles. The lowest BCUT2D eigenvalue weighted by Gasteiger charge is -2.05. The van der Waals surface area contributed by atoms with E-state index in [-0.39, 0.29) is 5.82 Å². The Kier molecular flexibility index (Phi) is 3.15. The number of aromatic nitrogens is 2. The minimum absolute atomic E-state index is 0.234. The Labute approximate surface area is 103 Å². The van der Waals surface area contributed by atoms with Gasteiger partial charge in [0.1, 0.15) is 11.5 Å². The van der Waals surface area contributed by atoms with E-state index in [4.69, 9.17) is 0 Å². The number of rotatable bonds is 2. The van der Waals surface area contributed by atoms with Crippen LogP contribution in [0.25, 0.3) is 11.4 Å². The van der Waals surface area contributed by atoms with Gasteiger partial charge in [0, 0.05) is 5.56 Å². The van der Waals surface area contributed by atoms with E-state index >= 15 is 0 Å². The molecular formula is C13H13F3N2. The van der Waals surface area contributed by atoms with E-state index in [0.717, 1.165) is 11.8 Å². The maximum absolute atomic E-state index is 12.4. The summed E-state index contributed by atoms with van der Waals surface area (Å²) in [7, 11) is 0. The molecule has 0 atom stereocenters. The molecule has 0 spiro atoms. The monoisotopic (exact) mass is 254 g/mol. The molecule has 5 heteroatoms. The SMILES string of the molecule is CC(C)c1ccc(-c2ncc(C(F)(F)F)[nH]2)cc1. The molecule has 18 heavy (non-hydrogen) atoms. The average molecular weight is 254 g/mol. The first-order chi connectivity index (χ1) is 8.38. The Bertz CT molecular complexity index is 524. The van der Waals surface area contributed by atoms with Crippen LogP contribution >= 0.6 is 0 Å². The summed E-state index contributed by atoms with van der Waals surface area (Å²) in [6.45, 7) is 4.12. The van der Waals surface area contributed by atoms with Crippen LogP contribution in [0, 0.1) is 0 Å². The van der Waals surface area contributed by atoms with Crippen LogP contribution in [-0.4, -0.2) is 9.97 Å². The summed E-state index contributed by atoms with van der Waals surface area (Å²) in [6, 6.07) is 7.34. The summed E-state index contributed by atoms with van der Waals surface area (Å²) in [5, 5.41) is 0. The topological polar surface area (TPSA) is 28.7 Å². The molecule has 96 valence electrons. The maximum Gasteiger partial charge on any atom is 0.432 e. The number of hydrogen-bond acceptors (Lipinski definition) is 1. The van der Waals surface area contributed by atoms with Crippen molar-refractivity contribution in [3.63, 3.8) is 0 Å². The number of hydrogen-bond donors (Lipinski definition) is 1. The minimum Gasteiger partial charge on any atom is -0.334 e. The molecule has 0 radical (unpaired) electrons. The Morgan fingerprint density at radius 1 is 1.11 bits per heavy atom. The van der Waals surface area contributed by atoms with Crippen LogP contribution in [0.2, 0.25) is 0 Å². The summed E-state index contributed by atoms with van der Waals surface area (Å²) in [5.41, 5.74) is 0.960. The van der Waals surface area contributed by atoms with Crippen LogP contribution in [0.3, 0.4) is 0 Å². The van der Waals surface area contributed by atoms with Gasteiger partial charge in [0.15, 0.2) is 0 Å². The number of nitrogens with one attached hydrogen (secondary N) is 1. The molecule has 2 nitrogen and oxygen atoms in total. The van der Waals surface area contributed by atoms with E-state index in [1.54, 1.807) is 12.1 Å².